The molecule has 2 aromatic rings. The zero-order valence-corrected chi connectivity index (χ0v) is 19.5. The average Bonchev–Trinajstić information content (AvgIpc) is 3.55. The maximum absolute atomic E-state index is 10.2. The Labute approximate surface area is 200 Å². The summed E-state index contributed by atoms with van der Waals surface area (Å²) < 4.78 is 21.8. The second-order valence-electron chi connectivity index (χ2n) is 8.87. The number of nitrogens with zero attached hydrogens (tertiary/aromatic N) is 1. The summed E-state index contributed by atoms with van der Waals surface area (Å²) in [6.07, 6.45) is 5.41. The number of aliphatic hydroxyl groups excluding tert-OH is 2. The zero-order chi connectivity index (χ0) is 21.9. The molecule has 2 N–H and O–H groups in total. The van der Waals surface area contributed by atoms with Crippen molar-refractivity contribution in [3.63, 3.8) is 0 Å². The fourth-order valence-electron chi connectivity index (χ4n) is 5.09. The number of hydrogen-bond donors (Lipinski definition) is 2. The van der Waals surface area contributed by atoms with Gasteiger partial charge < -0.3 is 29.2 Å². The molecule has 180 valence electrons. The molecule has 1 fully saturated rings. The molecule has 0 bridgehead atoms. The van der Waals surface area contributed by atoms with Crippen molar-refractivity contribution in [1.29, 1.82) is 0 Å². The summed E-state index contributed by atoms with van der Waals surface area (Å²) in [6.45, 7) is 0.882. The van der Waals surface area contributed by atoms with Gasteiger partial charge in [-0.2, -0.15) is 0 Å². The Morgan fingerprint density at radius 3 is 1.76 bits per heavy atom. The van der Waals surface area contributed by atoms with Crippen LogP contribution < -0.4 is 18.9 Å². The summed E-state index contributed by atoms with van der Waals surface area (Å²) in [7, 11) is 0. The Balaban J connectivity index is 0.00000259. The van der Waals surface area contributed by atoms with Crippen LogP contribution in [-0.2, 0) is 12.8 Å². The number of β-amino-alcohol motifs (C(OH)–C–C–N with tert-alkyl or cyclic N) is 1. The van der Waals surface area contributed by atoms with Gasteiger partial charge >= 0.3 is 0 Å². The summed E-state index contributed by atoms with van der Waals surface area (Å²) in [5.41, 5.74) is 2.47. The highest BCUT2D eigenvalue weighted by Gasteiger charge is 2.34. The molecule has 2 unspecified atom stereocenters. The lowest BCUT2D eigenvalue weighted by atomic mass is 10.0. The van der Waals surface area contributed by atoms with E-state index >= 15 is 0 Å². The predicted molar refractivity (Wildman–Crippen MR) is 126 cm³/mol. The Morgan fingerprint density at radius 2 is 1.27 bits per heavy atom. The quantitative estimate of drug-likeness (QED) is 0.573. The number of ether oxygens (including phenoxy) is 4. The minimum Gasteiger partial charge on any atom is -0.454 e. The number of benzene rings is 2. The molecule has 3 atom stereocenters. The Hall–Kier alpha value is -2.19. The van der Waals surface area contributed by atoms with Crippen LogP contribution in [0.5, 0.6) is 23.0 Å². The molecule has 3 heterocycles. The monoisotopic (exact) mass is 477 g/mol. The third-order valence-electron chi connectivity index (χ3n) is 6.81. The maximum Gasteiger partial charge on any atom is 0.231 e. The van der Waals surface area contributed by atoms with Crippen LogP contribution in [0.1, 0.15) is 36.8 Å². The molecule has 7 nitrogen and oxygen atoms in total. The van der Waals surface area contributed by atoms with Crippen molar-refractivity contribution < 1.29 is 29.2 Å². The van der Waals surface area contributed by atoms with E-state index in [0.717, 1.165) is 61.5 Å². The molecule has 3 aliphatic heterocycles. The van der Waals surface area contributed by atoms with Crippen molar-refractivity contribution in [1.82, 2.24) is 4.90 Å². The van der Waals surface area contributed by atoms with Crippen molar-refractivity contribution in [2.45, 2.75) is 56.7 Å². The number of hydrogen-bond acceptors (Lipinski definition) is 7. The molecule has 3 aliphatic rings. The van der Waals surface area contributed by atoms with Crippen molar-refractivity contribution in [2.75, 3.05) is 26.7 Å². The molecule has 33 heavy (non-hydrogen) atoms. The summed E-state index contributed by atoms with van der Waals surface area (Å²) >= 11 is 0. The topological polar surface area (TPSA) is 80.6 Å². The minimum absolute atomic E-state index is 0. The summed E-state index contributed by atoms with van der Waals surface area (Å²) in [6, 6.07) is 13.1. The van der Waals surface area contributed by atoms with Gasteiger partial charge in [-0.15, -0.1) is 12.4 Å². The minimum atomic E-state index is -0.714. The number of halogens is 1. The van der Waals surface area contributed by atoms with E-state index in [1.165, 1.54) is 11.1 Å². The number of aryl methyl sites for hydroxylation is 2. The standard InChI is InChI=1S/C25H31NO6.ClH/c27-14-21(28)13-26-19(5-1-17-3-9-22-24(11-17)31-15-29-22)7-8-20(26)6-2-18-4-10-23-25(12-18)32-16-30-23;/h3-4,9-12,19-21,27-28H,1-2,5-8,13-16H2;1H/t19?,20?,21-;/m1./s1. The van der Waals surface area contributed by atoms with Crippen molar-refractivity contribution in [3.8, 4) is 23.0 Å². The lowest BCUT2D eigenvalue weighted by Crippen LogP contribution is -2.42. The second kappa shape index (κ2) is 10.8. The predicted octanol–water partition coefficient (Wildman–Crippen LogP) is 3.32. The van der Waals surface area contributed by atoms with Gasteiger partial charge in [0, 0.05) is 18.6 Å². The average molecular weight is 478 g/mol. The normalized spacial score (nSPS) is 21.8. The number of aliphatic hydroxyl groups is 2. The molecule has 0 aromatic heterocycles. The molecule has 5 rings (SSSR count). The van der Waals surface area contributed by atoms with E-state index in [1.807, 2.05) is 12.1 Å². The first kappa shape index (κ1) is 24.0. The van der Waals surface area contributed by atoms with E-state index in [-0.39, 0.29) is 19.0 Å². The highest BCUT2D eigenvalue weighted by Crippen LogP contribution is 2.36. The molecule has 0 aliphatic carbocycles. The number of likely N-dealkylation sites (tertiary alicyclic amines) is 1. The summed E-state index contributed by atoms with van der Waals surface area (Å²) in [5, 5.41) is 19.6. The molecule has 0 radical (unpaired) electrons. The summed E-state index contributed by atoms with van der Waals surface area (Å²) in [5.74, 6) is 3.27. The Bertz CT molecular complexity index is 872. The maximum atomic E-state index is 10.2. The van der Waals surface area contributed by atoms with Gasteiger partial charge in [0.15, 0.2) is 23.0 Å². The highest BCUT2D eigenvalue weighted by atomic mass is 35.5. The lowest BCUT2D eigenvalue weighted by Gasteiger charge is -2.32. The van der Waals surface area contributed by atoms with Crippen LogP contribution >= 0.6 is 12.4 Å². The molecular weight excluding hydrogens is 446 g/mol. The van der Waals surface area contributed by atoms with E-state index in [9.17, 15) is 10.2 Å². The molecule has 2 aromatic carbocycles. The molecule has 1 saturated heterocycles. The van der Waals surface area contributed by atoms with Crippen LogP contribution in [0.3, 0.4) is 0 Å². The smallest absolute Gasteiger partial charge is 0.231 e. The van der Waals surface area contributed by atoms with Crippen LogP contribution in [-0.4, -0.2) is 60.0 Å². The Morgan fingerprint density at radius 1 is 0.788 bits per heavy atom. The van der Waals surface area contributed by atoms with Crippen molar-refractivity contribution >= 4 is 12.4 Å². The molecule has 0 saturated carbocycles. The van der Waals surface area contributed by atoms with Gasteiger partial charge in [0.1, 0.15) is 0 Å². The first-order chi connectivity index (χ1) is 15.7. The SMILES string of the molecule is Cl.OC[C@H](O)CN1C(CCc2ccc3c(c2)OCO3)CCC1CCc1ccc2c(c1)OCO2. The molecule has 0 spiro atoms. The van der Waals surface area contributed by atoms with Gasteiger partial charge in [0.25, 0.3) is 0 Å². The van der Waals surface area contributed by atoms with E-state index in [1.54, 1.807) is 0 Å². The van der Waals surface area contributed by atoms with E-state index in [2.05, 4.69) is 29.2 Å². The largest absolute Gasteiger partial charge is 0.454 e. The molecular formula is C25H32ClNO6. The lowest BCUT2D eigenvalue weighted by molar-refractivity contribution is 0.0393. The van der Waals surface area contributed by atoms with E-state index in [4.69, 9.17) is 18.9 Å². The third kappa shape index (κ3) is 5.49. The third-order valence-corrected chi connectivity index (χ3v) is 6.81. The van der Waals surface area contributed by atoms with Crippen LogP contribution in [0.4, 0.5) is 0 Å². The Kier molecular flexibility index (Phi) is 7.86. The van der Waals surface area contributed by atoms with Crippen LogP contribution in [0.15, 0.2) is 36.4 Å². The molecule has 8 heteroatoms. The number of rotatable bonds is 9. The van der Waals surface area contributed by atoms with E-state index < -0.39 is 6.10 Å². The highest BCUT2D eigenvalue weighted by molar-refractivity contribution is 5.85. The summed E-state index contributed by atoms with van der Waals surface area (Å²) in [4.78, 5) is 2.42. The van der Waals surface area contributed by atoms with Crippen LogP contribution in [0.2, 0.25) is 0 Å². The zero-order valence-electron chi connectivity index (χ0n) is 18.7. The van der Waals surface area contributed by atoms with Crippen LogP contribution in [0.25, 0.3) is 0 Å². The fourth-order valence-corrected chi connectivity index (χ4v) is 5.09. The van der Waals surface area contributed by atoms with Crippen molar-refractivity contribution in [2.24, 2.45) is 0 Å². The fraction of sp³-hybridized carbons (Fsp3) is 0.520. The van der Waals surface area contributed by atoms with Gasteiger partial charge in [-0.25, -0.2) is 0 Å². The first-order valence-corrected chi connectivity index (χ1v) is 11.5. The van der Waals surface area contributed by atoms with Gasteiger partial charge in [0.2, 0.25) is 13.6 Å². The van der Waals surface area contributed by atoms with E-state index in [0.29, 0.717) is 32.2 Å². The van der Waals surface area contributed by atoms with Gasteiger partial charge in [-0.1, -0.05) is 12.1 Å². The molecule has 0 amide bonds. The van der Waals surface area contributed by atoms with Gasteiger partial charge in [-0.3, -0.25) is 4.90 Å². The second-order valence-corrected chi connectivity index (χ2v) is 8.87. The van der Waals surface area contributed by atoms with Crippen LogP contribution in [0, 0.1) is 0 Å². The first-order valence-electron chi connectivity index (χ1n) is 11.5. The van der Waals surface area contributed by atoms with Gasteiger partial charge in [0.05, 0.1) is 12.7 Å². The van der Waals surface area contributed by atoms with Crippen molar-refractivity contribution in [3.05, 3.63) is 47.5 Å². The number of fused-ring (bicyclic) bond motifs is 2. The van der Waals surface area contributed by atoms with Gasteiger partial charge in [-0.05, 0) is 73.9 Å².